The highest BCUT2D eigenvalue weighted by Gasteiger charge is 2.45. The molecule has 1 aliphatic carbocycles. The molecule has 0 unspecified atom stereocenters. The van der Waals surface area contributed by atoms with Crippen LogP contribution in [0.15, 0.2) is 12.2 Å². The Morgan fingerprint density at radius 1 is 0.938 bits per heavy atom. The molecule has 0 aromatic heterocycles. The topological polar surface area (TPSA) is 96.0 Å². The second kappa shape index (κ2) is 15.2. The first-order valence-corrected chi connectivity index (χ1v) is 11.3. The second-order valence-corrected chi connectivity index (χ2v) is 8.05. The quantitative estimate of drug-likeness (QED) is 0.138. The van der Waals surface area contributed by atoms with Crippen molar-refractivity contribution < 1.29 is 33.4 Å². The summed E-state index contributed by atoms with van der Waals surface area (Å²) in [5.41, 5.74) is 0. The predicted molar refractivity (Wildman–Crippen MR) is 119 cm³/mol. The highest BCUT2D eigenvalue weighted by Crippen LogP contribution is 2.40. The molecule has 0 saturated heterocycles. The average Bonchev–Trinajstić information content (AvgIpc) is 3.03. The molecule has 1 rings (SSSR count). The van der Waals surface area contributed by atoms with Crippen molar-refractivity contribution in [3.63, 3.8) is 0 Å². The van der Waals surface area contributed by atoms with E-state index in [-0.39, 0.29) is 35.7 Å². The lowest BCUT2D eigenvalue weighted by Gasteiger charge is -2.24. The van der Waals surface area contributed by atoms with Crippen LogP contribution in [0, 0.1) is 23.7 Å². The SMILES string of the molecule is CC#CCCC(=O)C=C[C@@H]1[C@@H](CCCCCCC(=O)OC)[C@@H](OC(C)=O)C[C@H]1OC(C)=O. The minimum absolute atomic E-state index is 0.0354. The molecule has 1 saturated carbocycles. The van der Waals surface area contributed by atoms with Gasteiger partial charge in [0.25, 0.3) is 0 Å². The maximum absolute atomic E-state index is 12.2. The number of ketones is 1. The third kappa shape index (κ3) is 10.6. The second-order valence-electron chi connectivity index (χ2n) is 8.05. The Morgan fingerprint density at radius 3 is 2.22 bits per heavy atom. The van der Waals surface area contributed by atoms with E-state index in [9.17, 15) is 19.2 Å². The molecule has 0 aromatic rings. The van der Waals surface area contributed by atoms with Crippen molar-refractivity contribution in [2.75, 3.05) is 7.11 Å². The molecule has 0 spiro atoms. The molecule has 7 heteroatoms. The minimum Gasteiger partial charge on any atom is -0.469 e. The first kappa shape index (κ1) is 27.4. The molecule has 0 bridgehead atoms. The molecule has 7 nitrogen and oxygen atoms in total. The van der Waals surface area contributed by atoms with Gasteiger partial charge in [-0.3, -0.25) is 19.2 Å². The number of unbranched alkanes of at least 4 members (excludes halogenated alkanes) is 3. The van der Waals surface area contributed by atoms with Gasteiger partial charge < -0.3 is 14.2 Å². The molecule has 0 aliphatic heterocycles. The van der Waals surface area contributed by atoms with E-state index in [0.29, 0.717) is 25.7 Å². The van der Waals surface area contributed by atoms with Crippen LogP contribution in [0.2, 0.25) is 0 Å². The van der Waals surface area contributed by atoms with Gasteiger partial charge in [-0.2, -0.15) is 0 Å². The lowest BCUT2D eigenvalue weighted by atomic mass is 9.87. The summed E-state index contributed by atoms with van der Waals surface area (Å²) in [5, 5.41) is 0. The Balaban J connectivity index is 2.82. The minimum atomic E-state index is -0.444. The van der Waals surface area contributed by atoms with Gasteiger partial charge in [0.15, 0.2) is 5.78 Å². The van der Waals surface area contributed by atoms with Crippen molar-refractivity contribution in [3.8, 4) is 11.8 Å². The van der Waals surface area contributed by atoms with Gasteiger partial charge in [0.05, 0.1) is 7.11 Å². The Hall–Kier alpha value is -2.62. The Kier molecular flexibility index (Phi) is 13.0. The molecular formula is C25H36O7. The van der Waals surface area contributed by atoms with Crippen molar-refractivity contribution in [2.45, 2.75) is 90.8 Å². The molecule has 1 aliphatic rings. The highest BCUT2D eigenvalue weighted by atomic mass is 16.6. The molecule has 1 fully saturated rings. The zero-order valence-electron chi connectivity index (χ0n) is 19.7. The van der Waals surface area contributed by atoms with E-state index in [4.69, 9.17) is 9.47 Å². The van der Waals surface area contributed by atoms with E-state index in [0.717, 1.165) is 32.1 Å². The number of esters is 3. The van der Waals surface area contributed by atoms with Crippen molar-refractivity contribution >= 4 is 23.7 Å². The molecule has 0 amide bonds. The molecule has 0 aromatic carbocycles. The number of methoxy groups -OCH3 is 1. The summed E-state index contributed by atoms with van der Waals surface area (Å²) in [6.45, 7) is 4.45. The zero-order valence-corrected chi connectivity index (χ0v) is 19.7. The van der Waals surface area contributed by atoms with Crippen molar-refractivity contribution in [1.29, 1.82) is 0 Å². The van der Waals surface area contributed by atoms with Crippen LogP contribution < -0.4 is 0 Å². The van der Waals surface area contributed by atoms with Crippen LogP contribution in [0.1, 0.15) is 78.6 Å². The molecule has 0 heterocycles. The highest BCUT2D eigenvalue weighted by molar-refractivity contribution is 5.89. The summed E-state index contributed by atoms with van der Waals surface area (Å²) < 4.78 is 15.7. The van der Waals surface area contributed by atoms with Gasteiger partial charge in [-0.1, -0.05) is 25.3 Å². The molecule has 4 atom stereocenters. The van der Waals surface area contributed by atoms with Crippen LogP contribution in [0.5, 0.6) is 0 Å². The van der Waals surface area contributed by atoms with Crippen molar-refractivity contribution in [3.05, 3.63) is 12.2 Å². The fourth-order valence-corrected chi connectivity index (χ4v) is 4.14. The van der Waals surface area contributed by atoms with E-state index < -0.39 is 12.1 Å². The monoisotopic (exact) mass is 448 g/mol. The molecule has 178 valence electrons. The number of ether oxygens (including phenoxy) is 3. The zero-order chi connectivity index (χ0) is 23.9. The summed E-state index contributed by atoms with van der Waals surface area (Å²) in [6.07, 6.45) is 8.40. The maximum atomic E-state index is 12.2. The van der Waals surface area contributed by atoms with Crippen LogP contribution in [0.3, 0.4) is 0 Å². The summed E-state index contributed by atoms with van der Waals surface area (Å²) in [6, 6.07) is 0. The number of carbonyl (C=O) groups excluding carboxylic acids is 4. The van der Waals surface area contributed by atoms with E-state index >= 15 is 0 Å². The van der Waals surface area contributed by atoms with Gasteiger partial charge in [-0.15, -0.1) is 11.8 Å². The van der Waals surface area contributed by atoms with Crippen molar-refractivity contribution in [2.24, 2.45) is 11.8 Å². The summed E-state index contributed by atoms with van der Waals surface area (Å²) in [4.78, 5) is 46.7. The molecule has 32 heavy (non-hydrogen) atoms. The van der Waals surface area contributed by atoms with Gasteiger partial charge in [-0.05, 0) is 25.8 Å². The first-order chi connectivity index (χ1) is 15.3. The molecule has 0 N–H and O–H groups in total. The third-order valence-corrected chi connectivity index (χ3v) is 5.57. The van der Waals surface area contributed by atoms with Crippen LogP contribution in [-0.4, -0.2) is 43.0 Å². The van der Waals surface area contributed by atoms with Crippen LogP contribution >= 0.6 is 0 Å². The number of rotatable bonds is 13. The lowest BCUT2D eigenvalue weighted by molar-refractivity contribution is -0.149. The van der Waals surface area contributed by atoms with Crippen LogP contribution in [-0.2, 0) is 33.4 Å². The number of hydrogen-bond donors (Lipinski definition) is 0. The third-order valence-electron chi connectivity index (χ3n) is 5.57. The van der Waals surface area contributed by atoms with Crippen LogP contribution in [0.4, 0.5) is 0 Å². The summed E-state index contributed by atoms with van der Waals surface area (Å²) in [5.74, 6) is 4.36. The van der Waals surface area contributed by atoms with E-state index in [1.165, 1.54) is 27.0 Å². The largest absolute Gasteiger partial charge is 0.469 e. The normalized spacial score (nSPS) is 22.1. The van der Waals surface area contributed by atoms with Gasteiger partial charge in [0.2, 0.25) is 0 Å². The fraction of sp³-hybridized carbons (Fsp3) is 0.680. The number of carbonyl (C=O) groups is 4. The molecular weight excluding hydrogens is 412 g/mol. The first-order valence-electron chi connectivity index (χ1n) is 11.3. The fourth-order valence-electron chi connectivity index (χ4n) is 4.14. The summed E-state index contributed by atoms with van der Waals surface area (Å²) in [7, 11) is 1.38. The van der Waals surface area contributed by atoms with Gasteiger partial charge in [-0.25, -0.2) is 0 Å². The Morgan fingerprint density at radius 2 is 1.59 bits per heavy atom. The van der Waals surface area contributed by atoms with E-state index in [1.807, 2.05) is 0 Å². The van der Waals surface area contributed by atoms with Gasteiger partial charge in [0.1, 0.15) is 12.2 Å². The van der Waals surface area contributed by atoms with Crippen molar-refractivity contribution in [1.82, 2.24) is 0 Å². The van der Waals surface area contributed by atoms with E-state index in [2.05, 4.69) is 16.6 Å². The van der Waals surface area contributed by atoms with Gasteiger partial charge in [0, 0.05) is 51.4 Å². The average molecular weight is 449 g/mol. The summed E-state index contributed by atoms with van der Waals surface area (Å²) >= 11 is 0. The standard InChI is InChI=1S/C25H36O7/c1-5-6-9-12-20(28)15-16-22-21(13-10-7-8-11-14-25(29)30-4)23(31-18(2)26)17-24(22)32-19(3)27/h15-16,21-24H,7-14,17H2,1-4H3/t21-,22-,23+,24-/m1/s1. The number of hydrogen-bond acceptors (Lipinski definition) is 7. The smallest absolute Gasteiger partial charge is 0.305 e. The number of allylic oxidation sites excluding steroid dienone is 1. The maximum Gasteiger partial charge on any atom is 0.305 e. The Labute approximate surface area is 191 Å². The van der Waals surface area contributed by atoms with E-state index in [1.54, 1.807) is 13.0 Å². The van der Waals surface area contributed by atoms with Crippen LogP contribution in [0.25, 0.3) is 0 Å². The molecule has 0 radical (unpaired) electrons. The van der Waals surface area contributed by atoms with Gasteiger partial charge >= 0.3 is 17.9 Å². The lowest BCUT2D eigenvalue weighted by Crippen LogP contribution is -2.25. The predicted octanol–water partition coefficient (Wildman–Crippen LogP) is 3.93. The Bertz CT molecular complexity index is 728.